The third-order valence-corrected chi connectivity index (χ3v) is 5.41. The molecule has 20 heavy (non-hydrogen) atoms. The molecule has 2 heteroatoms. The van der Waals surface area contributed by atoms with Gasteiger partial charge in [-0.05, 0) is 42.7 Å². The molecule has 106 valence electrons. The molecule has 0 aliphatic heterocycles. The fraction of sp³-hybridized carbons (Fsp3) is 0.444. The Kier molecular flexibility index (Phi) is 4.54. The number of thiophene rings is 1. The van der Waals surface area contributed by atoms with E-state index in [4.69, 9.17) is 0 Å². The van der Waals surface area contributed by atoms with Crippen molar-refractivity contribution in [2.24, 2.45) is 5.92 Å². The lowest BCUT2D eigenvalue weighted by molar-refractivity contribution is 0.343. The van der Waals surface area contributed by atoms with Gasteiger partial charge in [-0.15, -0.1) is 11.3 Å². The Morgan fingerprint density at radius 1 is 1.05 bits per heavy atom. The molecule has 2 atom stereocenters. The summed E-state index contributed by atoms with van der Waals surface area (Å²) in [5, 5.41) is 6.09. The van der Waals surface area contributed by atoms with E-state index in [1.54, 1.807) is 0 Å². The van der Waals surface area contributed by atoms with E-state index in [-0.39, 0.29) is 0 Å². The third kappa shape index (κ3) is 3.13. The highest BCUT2D eigenvalue weighted by Crippen LogP contribution is 2.38. The van der Waals surface area contributed by atoms with E-state index in [1.165, 1.54) is 36.1 Å². The summed E-state index contributed by atoms with van der Waals surface area (Å²) in [7, 11) is 0. The van der Waals surface area contributed by atoms with Gasteiger partial charge in [0.1, 0.15) is 0 Å². The summed E-state index contributed by atoms with van der Waals surface area (Å²) in [4.78, 5) is 1.50. The van der Waals surface area contributed by atoms with Gasteiger partial charge in [-0.3, -0.25) is 0 Å². The van der Waals surface area contributed by atoms with Crippen LogP contribution in [0.5, 0.6) is 0 Å². The zero-order valence-corrected chi connectivity index (χ0v) is 12.9. The maximum absolute atomic E-state index is 3.89. The van der Waals surface area contributed by atoms with Gasteiger partial charge in [0.15, 0.2) is 0 Å². The van der Waals surface area contributed by atoms with Crippen molar-refractivity contribution in [3.63, 3.8) is 0 Å². The van der Waals surface area contributed by atoms with Crippen LogP contribution in [0.4, 0.5) is 0 Å². The first-order chi connectivity index (χ1) is 9.84. The standard InChI is InChI=1S/C18H23NS/c1-14(15-8-3-2-4-9-15)19-18(16-10-5-6-11-16)17-12-7-13-20-17/h2-4,7-9,12-14,16,18-19H,5-6,10-11H2,1H3. The highest BCUT2D eigenvalue weighted by molar-refractivity contribution is 7.10. The lowest BCUT2D eigenvalue weighted by atomic mass is 9.95. The topological polar surface area (TPSA) is 12.0 Å². The van der Waals surface area contributed by atoms with Crippen molar-refractivity contribution in [1.82, 2.24) is 5.32 Å². The van der Waals surface area contributed by atoms with Crippen molar-refractivity contribution in [3.05, 3.63) is 58.3 Å². The number of hydrogen-bond acceptors (Lipinski definition) is 2. The van der Waals surface area contributed by atoms with Gasteiger partial charge in [-0.2, -0.15) is 0 Å². The van der Waals surface area contributed by atoms with Gasteiger partial charge in [-0.25, -0.2) is 0 Å². The highest BCUT2D eigenvalue weighted by Gasteiger charge is 2.28. The lowest BCUT2D eigenvalue weighted by Crippen LogP contribution is -2.29. The molecule has 1 nitrogen and oxygen atoms in total. The Hall–Kier alpha value is -1.12. The van der Waals surface area contributed by atoms with Gasteiger partial charge in [0.05, 0.1) is 0 Å². The maximum Gasteiger partial charge on any atom is 0.0448 e. The van der Waals surface area contributed by atoms with E-state index in [2.05, 4.69) is 60.1 Å². The van der Waals surface area contributed by atoms with E-state index in [0.717, 1.165) is 5.92 Å². The van der Waals surface area contributed by atoms with Gasteiger partial charge in [-0.1, -0.05) is 49.2 Å². The van der Waals surface area contributed by atoms with Crippen LogP contribution < -0.4 is 5.32 Å². The fourth-order valence-corrected chi connectivity index (χ4v) is 4.20. The third-order valence-electron chi connectivity index (χ3n) is 4.45. The second kappa shape index (κ2) is 6.55. The number of nitrogens with one attached hydrogen (secondary N) is 1. The zero-order chi connectivity index (χ0) is 13.8. The van der Waals surface area contributed by atoms with Crippen LogP contribution in [-0.4, -0.2) is 0 Å². The minimum absolute atomic E-state index is 0.406. The number of benzene rings is 1. The zero-order valence-electron chi connectivity index (χ0n) is 12.1. The highest BCUT2D eigenvalue weighted by atomic mass is 32.1. The molecule has 0 amide bonds. The van der Waals surface area contributed by atoms with Gasteiger partial charge in [0.25, 0.3) is 0 Å². The molecule has 1 heterocycles. The molecule has 1 aromatic carbocycles. The van der Waals surface area contributed by atoms with Crippen molar-refractivity contribution >= 4 is 11.3 Å². The average molecular weight is 285 g/mol. The molecular formula is C18H23NS. The number of hydrogen-bond donors (Lipinski definition) is 1. The molecule has 1 fully saturated rings. The second-order valence-corrected chi connectivity index (χ2v) is 6.82. The first-order valence-electron chi connectivity index (χ1n) is 7.69. The Bertz CT molecular complexity index is 499. The van der Waals surface area contributed by atoms with E-state index in [9.17, 15) is 0 Å². The van der Waals surface area contributed by atoms with Gasteiger partial charge in [0.2, 0.25) is 0 Å². The SMILES string of the molecule is CC(NC(c1cccs1)C1CCCC1)c1ccccc1. The second-order valence-electron chi connectivity index (χ2n) is 5.84. The minimum Gasteiger partial charge on any atom is -0.302 e. The summed E-state index contributed by atoms with van der Waals surface area (Å²) in [6.45, 7) is 2.28. The summed E-state index contributed by atoms with van der Waals surface area (Å²) in [5.41, 5.74) is 1.38. The molecule has 0 radical (unpaired) electrons. The first kappa shape index (κ1) is 13.8. The summed E-state index contributed by atoms with van der Waals surface area (Å²) < 4.78 is 0. The van der Waals surface area contributed by atoms with E-state index in [1.807, 2.05) is 11.3 Å². The molecule has 0 bridgehead atoms. The maximum atomic E-state index is 3.89. The Morgan fingerprint density at radius 2 is 1.80 bits per heavy atom. The van der Waals surface area contributed by atoms with Crippen LogP contribution in [-0.2, 0) is 0 Å². The molecular weight excluding hydrogens is 262 g/mol. The van der Waals surface area contributed by atoms with Gasteiger partial charge < -0.3 is 5.32 Å². The molecule has 1 aliphatic rings. The molecule has 2 unspecified atom stereocenters. The van der Waals surface area contributed by atoms with Crippen molar-refractivity contribution in [1.29, 1.82) is 0 Å². The van der Waals surface area contributed by atoms with Crippen molar-refractivity contribution in [2.75, 3.05) is 0 Å². The molecule has 3 rings (SSSR count). The number of rotatable bonds is 5. The van der Waals surface area contributed by atoms with E-state index >= 15 is 0 Å². The molecule has 1 aromatic heterocycles. The van der Waals surface area contributed by atoms with Crippen LogP contribution in [0.3, 0.4) is 0 Å². The minimum atomic E-state index is 0.406. The van der Waals surface area contributed by atoms with Gasteiger partial charge in [0, 0.05) is 17.0 Å². The Morgan fingerprint density at radius 3 is 2.45 bits per heavy atom. The quantitative estimate of drug-likeness (QED) is 0.783. The largest absolute Gasteiger partial charge is 0.302 e. The summed E-state index contributed by atoms with van der Waals surface area (Å²) in [6, 6.07) is 16.2. The predicted octanol–water partition coefficient (Wildman–Crippen LogP) is 5.33. The molecule has 1 aliphatic carbocycles. The van der Waals surface area contributed by atoms with Crippen LogP contribution in [0.15, 0.2) is 47.8 Å². The molecule has 1 N–H and O–H groups in total. The molecule has 0 spiro atoms. The first-order valence-corrected chi connectivity index (χ1v) is 8.57. The van der Waals surface area contributed by atoms with Crippen LogP contribution in [0.1, 0.15) is 55.1 Å². The van der Waals surface area contributed by atoms with Crippen molar-refractivity contribution in [2.45, 2.75) is 44.7 Å². The van der Waals surface area contributed by atoms with E-state index in [0.29, 0.717) is 12.1 Å². The Balaban J connectivity index is 1.76. The molecule has 0 saturated heterocycles. The van der Waals surface area contributed by atoms with Gasteiger partial charge >= 0.3 is 0 Å². The Labute approximate surface area is 126 Å². The molecule has 2 aromatic rings. The predicted molar refractivity (Wildman–Crippen MR) is 87.0 cm³/mol. The smallest absolute Gasteiger partial charge is 0.0448 e. The van der Waals surface area contributed by atoms with Crippen LogP contribution >= 0.6 is 11.3 Å². The van der Waals surface area contributed by atoms with Crippen LogP contribution in [0, 0.1) is 5.92 Å². The molecule has 1 saturated carbocycles. The van der Waals surface area contributed by atoms with E-state index < -0.39 is 0 Å². The average Bonchev–Trinajstić information content (AvgIpc) is 3.19. The summed E-state index contributed by atoms with van der Waals surface area (Å²) in [6.07, 6.45) is 5.54. The van der Waals surface area contributed by atoms with Crippen LogP contribution in [0.2, 0.25) is 0 Å². The summed E-state index contributed by atoms with van der Waals surface area (Å²) >= 11 is 1.89. The fourth-order valence-electron chi connectivity index (χ4n) is 3.32. The summed E-state index contributed by atoms with van der Waals surface area (Å²) in [5.74, 6) is 0.805. The normalized spacial score (nSPS) is 19.1. The van der Waals surface area contributed by atoms with Crippen LogP contribution in [0.25, 0.3) is 0 Å². The van der Waals surface area contributed by atoms with Crippen molar-refractivity contribution < 1.29 is 0 Å². The lowest BCUT2D eigenvalue weighted by Gasteiger charge is -2.28. The van der Waals surface area contributed by atoms with Crippen molar-refractivity contribution in [3.8, 4) is 0 Å². The monoisotopic (exact) mass is 285 g/mol.